The summed E-state index contributed by atoms with van der Waals surface area (Å²) < 4.78 is 5.23. The number of aromatic carboxylic acids is 1. The van der Waals surface area contributed by atoms with Gasteiger partial charge in [-0.15, -0.1) is 0 Å². The number of rotatable bonds is 5. The first-order valence-corrected chi connectivity index (χ1v) is 6.48. The van der Waals surface area contributed by atoms with Gasteiger partial charge in [0.2, 0.25) is 0 Å². The van der Waals surface area contributed by atoms with Gasteiger partial charge in [-0.3, -0.25) is 0 Å². The number of benzene rings is 2. The Morgan fingerprint density at radius 3 is 2.57 bits per heavy atom. The van der Waals surface area contributed by atoms with Gasteiger partial charge in [-0.1, -0.05) is 18.2 Å². The Bertz CT molecular complexity index is 654. The smallest absolute Gasteiger partial charge is 0.335 e. The molecule has 0 aliphatic heterocycles. The van der Waals surface area contributed by atoms with Gasteiger partial charge in [-0.2, -0.15) is 0 Å². The number of hydrogen-bond acceptors (Lipinski definition) is 4. The molecule has 110 valence electrons. The van der Waals surface area contributed by atoms with Gasteiger partial charge in [0.05, 0.1) is 24.4 Å². The Morgan fingerprint density at radius 1 is 1.24 bits per heavy atom. The molecule has 0 saturated heterocycles. The van der Waals surface area contributed by atoms with E-state index in [9.17, 15) is 9.90 Å². The Hall–Kier alpha value is -2.69. The third-order valence-corrected chi connectivity index (χ3v) is 3.22. The maximum Gasteiger partial charge on any atom is 0.335 e. The van der Waals surface area contributed by atoms with E-state index in [1.54, 1.807) is 24.3 Å². The summed E-state index contributed by atoms with van der Waals surface area (Å²) >= 11 is 0. The Labute approximate surface area is 122 Å². The molecule has 0 amide bonds. The molecule has 0 aliphatic carbocycles. The molecule has 1 unspecified atom stereocenters. The summed E-state index contributed by atoms with van der Waals surface area (Å²) in [5, 5.41) is 22.1. The van der Waals surface area contributed by atoms with Crippen LogP contribution in [0.1, 0.15) is 28.9 Å². The lowest BCUT2D eigenvalue weighted by molar-refractivity contribution is 0.0697. The number of anilines is 1. The highest BCUT2D eigenvalue weighted by molar-refractivity contribution is 5.89. The molecule has 0 saturated carbocycles. The van der Waals surface area contributed by atoms with E-state index in [0.717, 1.165) is 5.56 Å². The van der Waals surface area contributed by atoms with Gasteiger partial charge < -0.3 is 20.3 Å². The van der Waals surface area contributed by atoms with Gasteiger partial charge in [0.1, 0.15) is 11.5 Å². The molecule has 0 aromatic heterocycles. The van der Waals surface area contributed by atoms with Crippen LogP contribution >= 0.6 is 0 Å². The number of carbonyl (C=O) groups is 1. The Kier molecular flexibility index (Phi) is 4.33. The van der Waals surface area contributed by atoms with Crippen molar-refractivity contribution in [3.63, 3.8) is 0 Å². The van der Waals surface area contributed by atoms with Crippen LogP contribution in [0.3, 0.4) is 0 Å². The zero-order chi connectivity index (χ0) is 15.4. The molecule has 5 heteroatoms. The van der Waals surface area contributed by atoms with Crippen LogP contribution < -0.4 is 10.1 Å². The summed E-state index contributed by atoms with van der Waals surface area (Å²) in [6.07, 6.45) is 0. The maximum atomic E-state index is 11.1. The summed E-state index contributed by atoms with van der Waals surface area (Å²) in [5.74, 6) is -0.274. The van der Waals surface area contributed by atoms with Crippen molar-refractivity contribution < 1.29 is 19.7 Å². The molecule has 3 N–H and O–H groups in total. The van der Waals surface area contributed by atoms with Gasteiger partial charge in [-0.25, -0.2) is 4.79 Å². The average Bonchev–Trinajstić information content (AvgIpc) is 2.47. The first-order valence-electron chi connectivity index (χ1n) is 6.48. The monoisotopic (exact) mass is 287 g/mol. The van der Waals surface area contributed by atoms with Crippen LogP contribution in [0, 0.1) is 0 Å². The minimum absolute atomic E-state index is 0.169. The molecule has 0 bridgehead atoms. The van der Waals surface area contributed by atoms with E-state index >= 15 is 0 Å². The summed E-state index contributed by atoms with van der Waals surface area (Å²) in [6.45, 7) is 1.88. The van der Waals surface area contributed by atoms with E-state index in [1.807, 2.05) is 13.0 Å². The van der Waals surface area contributed by atoms with Crippen LogP contribution in [0.4, 0.5) is 5.69 Å². The Morgan fingerprint density at radius 2 is 1.95 bits per heavy atom. The van der Waals surface area contributed by atoms with Crippen molar-refractivity contribution in [3.8, 4) is 11.5 Å². The third-order valence-electron chi connectivity index (χ3n) is 3.22. The van der Waals surface area contributed by atoms with E-state index < -0.39 is 5.97 Å². The number of phenolic OH excluding ortho intramolecular Hbond substituents is 1. The first-order chi connectivity index (χ1) is 10.0. The minimum Gasteiger partial charge on any atom is -0.508 e. The fraction of sp³-hybridized carbons (Fsp3) is 0.188. The Balaban J connectivity index is 2.31. The zero-order valence-electron chi connectivity index (χ0n) is 11.8. The molecule has 5 nitrogen and oxygen atoms in total. The SMILES string of the molecule is COc1ccc(C(=O)O)cc1NC(C)c1ccccc1O. The number of methoxy groups -OCH3 is 1. The van der Waals surface area contributed by atoms with Gasteiger partial charge in [-0.05, 0) is 31.2 Å². The van der Waals surface area contributed by atoms with E-state index in [1.165, 1.54) is 19.2 Å². The van der Waals surface area contributed by atoms with Gasteiger partial charge in [0.25, 0.3) is 0 Å². The number of ether oxygens (including phenoxy) is 1. The highest BCUT2D eigenvalue weighted by Crippen LogP contribution is 2.31. The number of nitrogens with one attached hydrogen (secondary N) is 1. The quantitative estimate of drug-likeness (QED) is 0.786. The molecule has 21 heavy (non-hydrogen) atoms. The van der Waals surface area contributed by atoms with E-state index in [-0.39, 0.29) is 17.4 Å². The lowest BCUT2D eigenvalue weighted by Crippen LogP contribution is -2.09. The summed E-state index contributed by atoms with van der Waals surface area (Å²) in [4.78, 5) is 11.1. The van der Waals surface area contributed by atoms with Crippen LogP contribution in [0.15, 0.2) is 42.5 Å². The molecule has 0 spiro atoms. The minimum atomic E-state index is -1.00. The normalized spacial score (nSPS) is 11.7. The van der Waals surface area contributed by atoms with Crippen LogP contribution in [0.2, 0.25) is 0 Å². The van der Waals surface area contributed by atoms with Gasteiger partial charge >= 0.3 is 5.97 Å². The summed E-state index contributed by atoms with van der Waals surface area (Å²) in [5.41, 5.74) is 1.45. The van der Waals surface area contributed by atoms with E-state index in [4.69, 9.17) is 9.84 Å². The molecule has 2 aromatic carbocycles. The van der Waals surface area contributed by atoms with Crippen molar-refractivity contribution in [1.82, 2.24) is 0 Å². The van der Waals surface area contributed by atoms with Crippen molar-refractivity contribution in [2.24, 2.45) is 0 Å². The number of aromatic hydroxyl groups is 1. The first kappa shape index (κ1) is 14.7. The van der Waals surface area contributed by atoms with Crippen LogP contribution in [0.25, 0.3) is 0 Å². The van der Waals surface area contributed by atoms with Crippen molar-refractivity contribution in [2.75, 3.05) is 12.4 Å². The topological polar surface area (TPSA) is 78.8 Å². The van der Waals surface area contributed by atoms with Crippen molar-refractivity contribution in [3.05, 3.63) is 53.6 Å². The largest absolute Gasteiger partial charge is 0.508 e. The van der Waals surface area contributed by atoms with Gasteiger partial charge in [0.15, 0.2) is 0 Å². The van der Waals surface area contributed by atoms with E-state index in [0.29, 0.717) is 11.4 Å². The standard InChI is InChI=1S/C16H17NO4/c1-10(12-5-3-4-6-14(12)18)17-13-9-11(16(19)20)7-8-15(13)21-2/h3-10,17-18H,1-2H3,(H,19,20). The number of carboxylic acids is 1. The number of carboxylic acid groups (broad SMARTS) is 1. The molecule has 0 radical (unpaired) electrons. The number of phenols is 1. The van der Waals surface area contributed by atoms with Crippen LogP contribution in [-0.4, -0.2) is 23.3 Å². The fourth-order valence-corrected chi connectivity index (χ4v) is 2.12. The zero-order valence-corrected chi connectivity index (χ0v) is 11.8. The summed E-state index contributed by atoms with van der Waals surface area (Å²) in [7, 11) is 1.52. The molecular weight excluding hydrogens is 270 g/mol. The molecule has 1 atom stereocenters. The second-order valence-electron chi connectivity index (χ2n) is 4.65. The molecule has 0 heterocycles. The summed E-state index contributed by atoms with van der Waals surface area (Å²) in [6, 6.07) is 11.4. The molecule has 2 rings (SSSR count). The third kappa shape index (κ3) is 3.25. The number of hydrogen-bond donors (Lipinski definition) is 3. The van der Waals surface area contributed by atoms with Crippen LogP contribution in [0.5, 0.6) is 11.5 Å². The predicted octanol–water partition coefficient (Wildman–Crippen LogP) is 3.27. The maximum absolute atomic E-state index is 11.1. The lowest BCUT2D eigenvalue weighted by Gasteiger charge is -2.19. The molecular formula is C16H17NO4. The fourth-order valence-electron chi connectivity index (χ4n) is 2.12. The molecule has 0 aliphatic rings. The lowest BCUT2D eigenvalue weighted by atomic mass is 10.1. The predicted molar refractivity (Wildman–Crippen MR) is 80.1 cm³/mol. The molecule has 0 fully saturated rings. The highest BCUT2D eigenvalue weighted by Gasteiger charge is 2.14. The van der Waals surface area contributed by atoms with Crippen LogP contribution in [-0.2, 0) is 0 Å². The van der Waals surface area contributed by atoms with Crippen molar-refractivity contribution in [2.45, 2.75) is 13.0 Å². The van der Waals surface area contributed by atoms with Crippen molar-refractivity contribution in [1.29, 1.82) is 0 Å². The highest BCUT2D eigenvalue weighted by atomic mass is 16.5. The second kappa shape index (κ2) is 6.17. The van der Waals surface area contributed by atoms with Crippen molar-refractivity contribution >= 4 is 11.7 Å². The van der Waals surface area contributed by atoms with Gasteiger partial charge in [0, 0.05) is 5.56 Å². The number of para-hydroxylation sites is 1. The average molecular weight is 287 g/mol. The van der Waals surface area contributed by atoms with E-state index in [2.05, 4.69) is 5.32 Å². The molecule has 2 aromatic rings. The second-order valence-corrected chi connectivity index (χ2v) is 4.65.